The fourth-order valence-corrected chi connectivity index (χ4v) is 10.9. The van der Waals surface area contributed by atoms with Crippen molar-refractivity contribution in [1.29, 1.82) is 0 Å². The van der Waals surface area contributed by atoms with Gasteiger partial charge in [-0.25, -0.2) is 4.98 Å². The van der Waals surface area contributed by atoms with Crippen molar-refractivity contribution in [2.24, 2.45) is 0 Å². The molecule has 6 nitrogen and oxygen atoms in total. The van der Waals surface area contributed by atoms with Gasteiger partial charge in [0.15, 0.2) is 0 Å². The van der Waals surface area contributed by atoms with Gasteiger partial charge in [-0.3, -0.25) is 9.97 Å². The first-order valence-corrected chi connectivity index (χ1v) is 27.2. The van der Waals surface area contributed by atoms with Gasteiger partial charge in [0.25, 0.3) is 0 Å². The zero-order valence-electron chi connectivity index (χ0n) is 33.9. The number of hydrogen-bond donors (Lipinski definition) is 0. The molecule has 0 saturated carbocycles. The van der Waals surface area contributed by atoms with Crippen LogP contribution >= 0.6 is 0 Å². The molecule has 0 aliphatic carbocycles. The van der Waals surface area contributed by atoms with Crippen LogP contribution in [-0.2, 0) is 26.5 Å². The molecule has 5 heterocycles. The minimum absolute atomic E-state index is 0. The molecule has 0 unspecified atom stereocenters. The summed E-state index contributed by atoms with van der Waals surface area (Å²) in [5.74, 6) is 8.56. The van der Waals surface area contributed by atoms with Crippen LogP contribution in [0.2, 0.25) is 17.3 Å². The Bertz CT molecular complexity index is 2790. The number of aromatic nitrogens is 5. The number of fused-ring (bicyclic) bond motifs is 4. The Hall–Kier alpha value is -5.21. The zero-order chi connectivity index (χ0) is 39.5. The minimum Gasteiger partial charge on any atom is 0 e. The van der Waals surface area contributed by atoms with Crippen molar-refractivity contribution < 1.29 is 24.5 Å². The number of benzene rings is 4. The molecule has 0 fully saturated rings. The normalized spacial score (nSPS) is 11.5. The molecule has 1 radical (unpaired) electrons. The Morgan fingerprint density at radius 1 is 0.741 bits per heavy atom. The number of hydrogen-bond acceptors (Lipinski definition) is 5. The number of rotatable bonds is 9. The molecule has 0 aliphatic heterocycles. The summed E-state index contributed by atoms with van der Waals surface area (Å²) in [7, 11) is 0. The van der Waals surface area contributed by atoms with Crippen LogP contribution in [0.25, 0.3) is 61.4 Å². The van der Waals surface area contributed by atoms with Crippen LogP contribution in [0.5, 0.6) is 0 Å². The molecule has 0 bridgehead atoms. The van der Waals surface area contributed by atoms with Crippen LogP contribution in [0.15, 0.2) is 138 Å². The van der Waals surface area contributed by atoms with Gasteiger partial charge in [-0.1, -0.05) is 37.4 Å². The number of aryl methyl sites for hydroxylation is 1. The quantitative estimate of drug-likeness (QED) is 0.106. The Morgan fingerprint density at radius 3 is 2.19 bits per heavy atom. The minimum atomic E-state index is -1.96. The summed E-state index contributed by atoms with van der Waals surface area (Å²) in [5, 5.41) is 2.04. The Morgan fingerprint density at radius 2 is 1.48 bits per heavy atom. The Labute approximate surface area is 357 Å². The van der Waals surface area contributed by atoms with Crippen LogP contribution in [0.3, 0.4) is 0 Å². The van der Waals surface area contributed by atoms with E-state index in [0.29, 0.717) is 11.6 Å². The number of para-hydroxylation sites is 1. The predicted molar refractivity (Wildman–Crippen MR) is 237 cm³/mol. The molecular weight excluding hydrogens is 951 g/mol. The van der Waals surface area contributed by atoms with Crippen molar-refractivity contribution in [3.8, 4) is 28.3 Å². The first-order chi connectivity index (χ1) is 27.7. The molecule has 4 aromatic carbocycles. The van der Waals surface area contributed by atoms with Crippen LogP contribution < -0.4 is 4.40 Å². The molecule has 0 atom stereocenters. The largest absolute Gasteiger partial charge is 0 e. The van der Waals surface area contributed by atoms with Crippen molar-refractivity contribution in [2.75, 3.05) is 0 Å². The summed E-state index contributed by atoms with van der Waals surface area (Å²) in [5.41, 5.74) is 12.2. The molecule has 9 aromatic rings. The van der Waals surface area contributed by atoms with Crippen LogP contribution in [-0.4, -0.2) is 37.8 Å². The van der Waals surface area contributed by atoms with Crippen LogP contribution in [0.1, 0.15) is 55.1 Å². The smallest absolute Gasteiger partial charge is 0 e. The van der Waals surface area contributed by atoms with Crippen molar-refractivity contribution in [2.45, 2.75) is 63.2 Å². The summed E-state index contributed by atoms with van der Waals surface area (Å²) in [6.45, 7) is 6.39. The van der Waals surface area contributed by atoms with Gasteiger partial charge in [-0.05, 0) is 50.1 Å². The fourth-order valence-electron chi connectivity index (χ4n) is 7.61. The average Bonchev–Trinajstić information content (AvgIpc) is 3.79. The maximum Gasteiger partial charge on any atom is 0 e. The molecule has 5 aromatic heterocycles. The van der Waals surface area contributed by atoms with Crippen molar-refractivity contribution >= 4 is 50.8 Å². The first-order valence-electron chi connectivity index (χ1n) is 19.9. The Kier molecular flexibility index (Phi) is 12.5. The summed E-state index contributed by atoms with van der Waals surface area (Å²) in [6.07, 6.45) is 7.12. The monoisotopic (exact) mass is 1000 g/mol. The summed E-state index contributed by atoms with van der Waals surface area (Å²) < 4.78 is 9.77. The topological polar surface area (TPSA) is 69.6 Å². The van der Waals surface area contributed by atoms with E-state index in [-0.39, 0.29) is 20.1 Å². The van der Waals surface area contributed by atoms with Gasteiger partial charge in [0.1, 0.15) is 0 Å². The van der Waals surface area contributed by atoms with Gasteiger partial charge in [0, 0.05) is 48.5 Å². The Balaban J connectivity index is 0.000000187. The molecule has 8 heteroatoms. The third-order valence-electron chi connectivity index (χ3n) is 10.6. The van der Waals surface area contributed by atoms with E-state index in [2.05, 4.69) is 132 Å². The van der Waals surface area contributed by atoms with Gasteiger partial charge in [-0.2, -0.15) is 0 Å². The average molecular weight is 999 g/mol. The van der Waals surface area contributed by atoms with Crippen molar-refractivity contribution in [3.05, 3.63) is 168 Å². The summed E-state index contributed by atoms with van der Waals surface area (Å²) in [6, 6.07) is 48.3. The maximum absolute atomic E-state index is 6.13. The van der Waals surface area contributed by atoms with Crippen molar-refractivity contribution in [1.82, 2.24) is 24.5 Å². The van der Waals surface area contributed by atoms with E-state index in [1.54, 1.807) is 0 Å². The molecule has 58 heavy (non-hydrogen) atoms. The van der Waals surface area contributed by atoms with E-state index in [1.807, 2.05) is 61.7 Å². The third kappa shape index (κ3) is 8.63. The van der Waals surface area contributed by atoms with Crippen LogP contribution in [0.4, 0.5) is 0 Å². The van der Waals surface area contributed by atoms with Gasteiger partial charge >= 0.3 is 142 Å². The van der Waals surface area contributed by atoms with Crippen LogP contribution in [0, 0.1) is 19.1 Å². The van der Waals surface area contributed by atoms with Gasteiger partial charge in [0.2, 0.25) is 5.71 Å². The van der Waals surface area contributed by atoms with Gasteiger partial charge in [0.05, 0.1) is 28.6 Å². The molecular formula is C50H47GeIrN5O-2. The summed E-state index contributed by atoms with van der Waals surface area (Å²) >= 11 is -1.96. The molecule has 0 amide bonds. The molecule has 0 N–H and O–H groups in total. The second kappa shape index (κ2) is 17.7. The second-order valence-corrected chi connectivity index (χ2v) is 26.2. The second-order valence-electron chi connectivity index (χ2n) is 15.7. The SMILES string of the molecule is CCC(CC)c1ccc2c(n1)oc1c[c-]c(-c3nc4cc(C)ncc4n3-c3ccccc3)cc12.[CH3][Ge]([CH3])([CH3])[c]1cnc(-c2[c-]cccc2)cc1Cc1ccccc1.[Ir]. The van der Waals surface area contributed by atoms with Gasteiger partial charge < -0.3 is 8.98 Å². The van der Waals surface area contributed by atoms with Crippen molar-refractivity contribution in [3.63, 3.8) is 0 Å². The number of furan rings is 1. The van der Waals surface area contributed by atoms with E-state index in [1.165, 1.54) is 15.5 Å². The van der Waals surface area contributed by atoms with E-state index >= 15 is 0 Å². The summed E-state index contributed by atoms with van der Waals surface area (Å²) in [4.78, 5) is 19.1. The van der Waals surface area contributed by atoms with E-state index in [9.17, 15) is 0 Å². The first kappa shape index (κ1) is 41.0. The standard InChI is InChI=1S/C29H25N4O.C21H22GeN.Ir/c1-4-19(5-2)24-13-12-22-23-16-20(11-14-27(23)34-29(22)32-24)28-31-25-15-18(3)30-17-26(25)33(28)21-9-7-6-8-10-21;1-22(2,3)20-16-23-21(18-12-8-5-9-13-18)15-19(20)14-17-10-6-4-7-11-17;/h6-10,12-17,19H,4-5H2,1-3H3;4-12,15-16H,14H2,1-3H3;/q2*-1;. The fraction of sp³-hybridized carbons (Fsp3) is 0.200. The predicted octanol–water partition coefficient (Wildman–Crippen LogP) is 12.1. The third-order valence-corrected chi connectivity index (χ3v) is 15.0. The van der Waals surface area contributed by atoms with E-state index in [0.717, 1.165) is 86.4 Å². The molecule has 0 saturated heterocycles. The maximum atomic E-state index is 6.13. The molecule has 293 valence electrons. The number of imidazole rings is 1. The van der Waals surface area contributed by atoms with E-state index < -0.39 is 13.3 Å². The molecule has 0 spiro atoms. The zero-order valence-corrected chi connectivity index (χ0v) is 38.4. The van der Waals surface area contributed by atoms with E-state index in [4.69, 9.17) is 19.4 Å². The molecule has 0 aliphatic rings. The number of nitrogens with zero attached hydrogens (tertiary/aromatic N) is 5. The van der Waals surface area contributed by atoms with Gasteiger partial charge in [-0.15, -0.1) is 23.8 Å². The molecule has 9 rings (SSSR count). The number of pyridine rings is 3.